The van der Waals surface area contributed by atoms with Crippen LogP contribution in [0.3, 0.4) is 0 Å². The number of hydrogen-bond donors (Lipinski definition) is 1. The summed E-state index contributed by atoms with van der Waals surface area (Å²) in [7, 11) is 2.56. The first-order chi connectivity index (χ1) is 35.1. The Bertz CT molecular complexity index is 3690. The van der Waals surface area contributed by atoms with Gasteiger partial charge in [-0.2, -0.15) is 0 Å². The lowest BCUT2D eigenvalue weighted by atomic mass is 9.56. The van der Waals surface area contributed by atoms with Gasteiger partial charge in [-0.25, -0.2) is 0 Å². The molecule has 4 aliphatic carbocycles. The number of anilines is 5. The standard InChI is InChI=1S/C71H72BN2/c1-42-37-54-56(69(8,9)36-35-67(54,4)5)41-59(42)74-60-38-44(43-21-15-14-16-22-43)27-31-57(60)72-64-50(40-49-47-24-18-20-26-52(47)71(12,13)63(49)65(64)74)61-58(32-29-48-46-23-17-19-25-51(46)70(10,11)62(48)61)73-45-28-30-53-55(39-45)68(6,7)34-33-66(53,2)3/h14-32,37-41,73H,33-36H2,1-13H3. The highest BCUT2D eigenvalue weighted by atomic mass is 15.2. The van der Waals surface area contributed by atoms with Crippen molar-refractivity contribution >= 4 is 46.6 Å². The Morgan fingerprint density at radius 1 is 0.419 bits per heavy atom. The van der Waals surface area contributed by atoms with Crippen LogP contribution in [0.1, 0.15) is 159 Å². The summed E-state index contributed by atoms with van der Waals surface area (Å²) in [6.45, 7) is 31.9. The van der Waals surface area contributed by atoms with Gasteiger partial charge in [0.05, 0.1) is 0 Å². The summed E-state index contributed by atoms with van der Waals surface area (Å²) in [6, 6.07) is 56.5. The van der Waals surface area contributed by atoms with Gasteiger partial charge in [-0.05, 0) is 185 Å². The monoisotopic (exact) mass is 964 g/mol. The third-order valence-corrected chi connectivity index (χ3v) is 19.3. The summed E-state index contributed by atoms with van der Waals surface area (Å²) >= 11 is 0. The minimum absolute atomic E-state index is 0.0272. The Hall–Kier alpha value is -6.58. The maximum atomic E-state index is 4.21. The largest absolute Gasteiger partial charge is 0.355 e. The van der Waals surface area contributed by atoms with E-state index in [1.54, 1.807) is 0 Å². The summed E-state index contributed by atoms with van der Waals surface area (Å²) < 4.78 is 0. The van der Waals surface area contributed by atoms with Crippen LogP contribution in [-0.2, 0) is 32.5 Å². The fourth-order valence-corrected chi connectivity index (χ4v) is 14.7. The van der Waals surface area contributed by atoms with Gasteiger partial charge in [-0.3, -0.25) is 0 Å². The molecule has 0 aromatic heterocycles. The molecule has 0 atom stereocenters. The number of benzene rings is 8. The van der Waals surface area contributed by atoms with Crippen LogP contribution in [-0.4, -0.2) is 7.28 Å². The van der Waals surface area contributed by atoms with E-state index in [9.17, 15) is 0 Å². The quantitative estimate of drug-likeness (QED) is 0.173. The smallest absolute Gasteiger partial charge is 0.197 e. The summed E-state index contributed by atoms with van der Waals surface area (Å²) in [5.74, 6) is 0. The molecule has 0 saturated carbocycles. The van der Waals surface area contributed by atoms with E-state index >= 15 is 0 Å². The van der Waals surface area contributed by atoms with E-state index in [2.05, 4.69) is 253 Å². The second-order valence-corrected chi connectivity index (χ2v) is 26.6. The molecule has 0 spiro atoms. The van der Waals surface area contributed by atoms with Gasteiger partial charge < -0.3 is 10.2 Å². The van der Waals surface area contributed by atoms with Gasteiger partial charge in [0.25, 0.3) is 0 Å². The second kappa shape index (κ2) is 15.7. The van der Waals surface area contributed by atoms with E-state index in [0.29, 0.717) is 0 Å². The van der Waals surface area contributed by atoms with Crippen LogP contribution in [0.2, 0.25) is 0 Å². The molecule has 3 heteroatoms. The average Bonchev–Trinajstić information content (AvgIpc) is 3.75. The van der Waals surface area contributed by atoms with Gasteiger partial charge in [0.2, 0.25) is 0 Å². The van der Waals surface area contributed by atoms with E-state index in [0.717, 1.165) is 17.8 Å². The van der Waals surface area contributed by atoms with Crippen molar-refractivity contribution in [3.63, 3.8) is 0 Å². The minimum Gasteiger partial charge on any atom is -0.355 e. The third kappa shape index (κ3) is 6.76. The van der Waals surface area contributed by atoms with Crippen LogP contribution in [0.4, 0.5) is 28.4 Å². The SMILES string of the molecule is Cc1cc2c(cc1N1c3cc(-c4ccccc4)ccc3[B]c3c(-c4c(Nc5ccc6c(c5)C(C)(C)CCC6(C)C)ccc5c4C(C)(C)c4ccccc4-5)cc4c(c31)C(C)(C)c1ccccc1-4)C(C)(C)CCC2(C)C. The van der Waals surface area contributed by atoms with E-state index in [-0.39, 0.29) is 32.5 Å². The van der Waals surface area contributed by atoms with Crippen molar-refractivity contribution in [3.05, 3.63) is 196 Å². The van der Waals surface area contributed by atoms with Gasteiger partial charge in [0.1, 0.15) is 0 Å². The molecule has 1 heterocycles. The summed E-state index contributed by atoms with van der Waals surface area (Å²) in [5.41, 5.74) is 31.4. The van der Waals surface area contributed by atoms with Crippen LogP contribution >= 0.6 is 0 Å². The summed E-state index contributed by atoms with van der Waals surface area (Å²) in [6.07, 6.45) is 4.70. The van der Waals surface area contributed by atoms with Gasteiger partial charge >= 0.3 is 0 Å². The fourth-order valence-electron chi connectivity index (χ4n) is 14.7. The van der Waals surface area contributed by atoms with E-state index in [1.165, 1.54) is 142 Å². The molecule has 0 fully saturated rings. The topological polar surface area (TPSA) is 15.3 Å². The number of rotatable bonds is 5. The van der Waals surface area contributed by atoms with E-state index < -0.39 is 0 Å². The predicted octanol–water partition coefficient (Wildman–Crippen LogP) is 17.8. The number of aryl methyl sites for hydroxylation is 1. The van der Waals surface area contributed by atoms with Crippen LogP contribution in [0.15, 0.2) is 146 Å². The molecule has 5 aliphatic rings. The fraction of sp³-hybridized carbons (Fsp3) is 0.324. The number of nitrogens with zero attached hydrogens (tertiary/aromatic N) is 1. The number of fused-ring (bicyclic) bond motifs is 11. The zero-order valence-electron chi connectivity index (χ0n) is 46.2. The van der Waals surface area contributed by atoms with Gasteiger partial charge in [0.15, 0.2) is 7.28 Å². The molecule has 0 amide bonds. The lowest BCUT2D eigenvalue weighted by molar-refractivity contribution is 0.332. The molecule has 2 nitrogen and oxygen atoms in total. The molecule has 0 unspecified atom stereocenters. The molecular formula is C71H72BN2. The van der Waals surface area contributed by atoms with Crippen LogP contribution < -0.4 is 21.1 Å². The Morgan fingerprint density at radius 3 is 1.65 bits per heavy atom. The number of hydrogen-bond acceptors (Lipinski definition) is 2. The van der Waals surface area contributed by atoms with E-state index in [1.807, 2.05) is 0 Å². The minimum atomic E-state index is -0.294. The lowest BCUT2D eigenvalue weighted by Crippen LogP contribution is -2.43. The zero-order valence-corrected chi connectivity index (χ0v) is 46.2. The van der Waals surface area contributed by atoms with Crippen molar-refractivity contribution in [1.29, 1.82) is 0 Å². The van der Waals surface area contributed by atoms with Crippen molar-refractivity contribution in [1.82, 2.24) is 0 Å². The van der Waals surface area contributed by atoms with Crippen molar-refractivity contribution in [2.45, 2.75) is 148 Å². The van der Waals surface area contributed by atoms with Crippen molar-refractivity contribution < 1.29 is 0 Å². The molecule has 1 radical (unpaired) electrons. The predicted molar refractivity (Wildman–Crippen MR) is 317 cm³/mol. The first kappa shape index (κ1) is 47.2. The van der Waals surface area contributed by atoms with E-state index in [4.69, 9.17) is 0 Å². The molecule has 1 aliphatic heterocycles. The van der Waals surface area contributed by atoms with Crippen molar-refractivity contribution in [2.75, 3.05) is 10.2 Å². The zero-order chi connectivity index (χ0) is 51.6. The first-order valence-corrected chi connectivity index (χ1v) is 27.6. The Morgan fingerprint density at radius 2 is 0.986 bits per heavy atom. The van der Waals surface area contributed by atoms with Crippen LogP contribution in [0.25, 0.3) is 44.5 Å². The molecule has 0 saturated heterocycles. The van der Waals surface area contributed by atoms with Crippen LogP contribution in [0.5, 0.6) is 0 Å². The first-order valence-electron chi connectivity index (χ1n) is 27.6. The lowest BCUT2D eigenvalue weighted by Gasteiger charge is -2.44. The average molecular weight is 964 g/mol. The molecule has 13 rings (SSSR count). The summed E-state index contributed by atoms with van der Waals surface area (Å²) in [4.78, 5) is 2.74. The highest BCUT2D eigenvalue weighted by Gasteiger charge is 2.47. The Labute approximate surface area is 442 Å². The highest BCUT2D eigenvalue weighted by molar-refractivity contribution is 6.73. The molecule has 0 bridgehead atoms. The maximum absolute atomic E-state index is 4.21. The Balaban J connectivity index is 1.15. The molecule has 8 aromatic carbocycles. The van der Waals surface area contributed by atoms with Gasteiger partial charge in [-0.15, -0.1) is 0 Å². The molecule has 369 valence electrons. The number of nitrogens with one attached hydrogen (secondary N) is 1. The maximum Gasteiger partial charge on any atom is 0.197 e. The molecule has 8 aromatic rings. The second-order valence-electron chi connectivity index (χ2n) is 26.6. The van der Waals surface area contributed by atoms with Crippen molar-refractivity contribution in [3.8, 4) is 44.5 Å². The van der Waals surface area contributed by atoms with Crippen molar-refractivity contribution in [2.24, 2.45) is 0 Å². The summed E-state index contributed by atoms with van der Waals surface area (Å²) in [5, 5.41) is 4.21. The normalized spacial score (nSPS) is 18.9. The molecule has 1 N–H and O–H groups in total. The Kier molecular flexibility index (Phi) is 10.0. The molecule has 74 heavy (non-hydrogen) atoms. The van der Waals surface area contributed by atoms with Crippen LogP contribution in [0, 0.1) is 6.92 Å². The van der Waals surface area contributed by atoms with Gasteiger partial charge in [0, 0.05) is 44.8 Å². The highest BCUT2D eigenvalue weighted by Crippen LogP contribution is 2.60. The third-order valence-electron chi connectivity index (χ3n) is 19.3. The molecular weight excluding hydrogens is 892 g/mol. The van der Waals surface area contributed by atoms with Gasteiger partial charge in [-0.1, -0.05) is 198 Å².